The van der Waals surface area contributed by atoms with Crippen molar-refractivity contribution in [3.8, 4) is 0 Å². The molecule has 1 rings (SSSR count). The van der Waals surface area contributed by atoms with Gasteiger partial charge in [0.15, 0.2) is 0 Å². The summed E-state index contributed by atoms with van der Waals surface area (Å²) in [5.74, 6) is 0.928. The quantitative estimate of drug-likeness (QED) is 0.640. The van der Waals surface area contributed by atoms with Gasteiger partial charge >= 0.3 is 0 Å². The second-order valence-corrected chi connectivity index (χ2v) is 4.50. The maximum atomic E-state index is 5.84. The molecule has 3 N–H and O–H groups in total. The zero-order valence-corrected chi connectivity index (χ0v) is 7.85. The van der Waals surface area contributed by atoms with E-state index in [1.54, 1.807) is 0 Å². The molecule has 0 radical (unpaired) electrons. The third-order valence-corrected chi connectivity index (χ3v) is 2.21. The summed E-state index contributed by atoms with van der Waals surface area (Å²) in [4.78, 5) is 0. The van der Waals surface area contributed by atoms with Crippen LogP contribution >= 0.6 is 0 Å². The first-order valence-electron chi connectivity index (χ1n) is 4.51. The van der Waals surface area contributed by atoms with E-state index < -0.39 is 0 Å². The average molecular weight is 156 g/mol. The van der Waals surface area contributed by atoms with E-state index >= 15 is 0 Å². The Kier molecular flexibility index (Phi) is 2.55. The Morgan fingerprint density at radius 2 is 2.09 bits per heavy atom. The summed E-state index contributed by atoms with van der Waals surface area (Å²) in [6, 6.07) is 0.665. The van der Waals surface area contributed by atoms with Crippen molar-refractivity contribution >= 4 is 0 Å². The molecule has 0 heterocycles. The number of rotatable bonds is 4. The van der Waals surface area contributed by atoms with Gasteiger partial charge in [-0.3, -0.25) is 0 Å². The molecule has 1 atom stereocenters. The lowest BCUT2D eigenvalue weighted by atomic mass is 10.1. The van der Waals surface area contributed by atoms with E-state index in [-0.39, 0.29) is 5.54 Å². The van der Waals surface area contributed by atoms with Gasteiger partial charge in [-0.15, -0.1) is 0 Å². The monoisotopic (exact) mass is 156 g/mol. The maximum Gasteiger partial charge on any atom is 0.0223 e. The van der Waals surface area contributed by atoms with E-state index in [2.05, 4.69) is 26.1 Å². The van der Waals surface area contributed by atoms with Crippen molar-refractivity contribution in [1.29, 1.82) is 0 Å². The summed E-state index contributed by atoms with van der Waals surface area (Å²) in [6.07, 6.45) is 2.80. The first-order chi connectivity index (χ1) is 4.99. The van der Waals surface area contributed by atoms with E-state index in [1.807, 2.05) is 0 Å². The molecule has 11 heavy (non-hydrogen) atoms. The molecule has 1 fully saturated rings. The fourth-order valence-electron chi connectivity index (χ4n) is 1.19. The van der Waals surface area contributed by atoms with E-state index in [0.717, 1.165) is 12.5 Å². The SMILES string of the molecule is CC(NCC(C)(C)N)C1CC1. The molecular weight excluding hydrogens is 136 g/mol. The van der Waals surface area contributed by atoms with Crippen LogP contribution in [0.15, 0.2) is 0 Å². The summed E-state index contributed by atoms with van der Waals surface area (Å²) < 4.78 is 0. The molecule has 1 aliphatic rings. The fraction of sp³-hybridized carbons (Fsp3) is 1.00. The first kappa shape index (κ1) is 9.01. The van der Waals surface area contributed by atoms with Crippen LogP contribution in [0, 0.1) is 5.92 Å². The minimum Gasteiger partial charge on any atom is -0.324 e. The zero-order valence-electron chi connectivity index (χ0n) is 7.85. The van der Waals surface area contributed by atoms with Crippen molar-refractivity contribution in [3.05, 3.63) is 0 Å². The predicted molar refractivity (Wildman–Crippen MR) is 48.5 cm³/mol. The van der Waals surface area contributed by atoms with E-state index in [9.17, 15) is 0 Å². The predicted octanol–water partition coefficient (Wildman–Crippen LogP) is 1.11. The van der Waals surface area contributed by atoms with Crippen molar-refractivity contribution in [3.63, 3.8) is 0 Å². The second-order valence-electron chi connectivity index (χ2n) is 4.50. The summed E-state index contributed by atoms with van der Waals surface area (Å²) in [7, 11) is 0. The Bertz CT molecular complexity index is 122. The minimum absolute atomic E-state index is 0.0663. The standard InChI is InChI=1S/C9H20N2/c1-7(8-4-5-8)11-6-9(2,3)10/h7-8,11H,4-6,10H2,1-3H3. The van der Waals surface area contributed by atoms with Crippen LogP contribution in [0.25, 0.3) is 0 Å². The van der Waals surface area contributed by atoms with Crippen LogP contribution in [0.2, 0.25) is 0 Å². The molecule has 0 aromatic carbocycles. The summed E-state index contributed by atoms with van der Waals surface area (Å²) in [6.45, 7) is 7.29. The molecule has 0 amide bonds. The Morgan fingerprint density at radius 1 is 1.55 bits per heavy atom. The van der Waals surface area contributed by atoms with Gasteiger partial charge in [0.1, 0.15) is 0 Å². The summed E-state index contributed by atoms with van der Waals surface area (Å²) in [5, 5.41) is 3.46. The molecule has 0 spiro atoms. The third-order valence-electron chi connectivity index (χ3n) is 2.21. The van der Waals surface area contributed by atoms with Crippen molar-refractivity contribution in [2.75, 3.05) is 6.54 Å². The Labute approximate surface area is 69.5 Å². The molecule has 0 aliphatic heterocycles. The average Bonchev–Trinajstić information content (AvgIpc) is 2.61. The normalized spacial score (nSPS) is 21.8. The van der Waals surface area contributed by atoms with Crippen molar-refractivity contribution in [2.45, 2.75) is 45.2 Å². The molecule has 0 saturated heterocycles. The van der Waals surface area contributed by atoms with Gasteiger partial charge in [-0.05, 0) is 39.5 Å². The maximum absolute atomic E-state index is 5.84. The lowest BCUT2D eigenvalue weighted by molar-refractivity contribution is 0.408. The molecule has 66 valence electrons. The fourth-order valence-corrected chi connectivity index (χ4v) is 1.19. The highest BCUT2D eigenvalue weighted by Gasteiger charge is 2.28. The number of nitrogens with one attached hydrogen (secondary N) is 1. The van der Waals surface area contributed by atoms with Crippen LogP contribution in [-0.2, 0) is 0 Å². The van der Waals surface area contributed by atoms with Crippen LogP contribution in [0.3, 0.4) is 0 Å². The molecule has 2 nitrogen and oxygen atoms in total. The minimum atomic E-state index is -0.0663. The van der Waals surface area contributed by atoms with Crippen molar-refractivity contribution in [1.82, 2.24) is 5.32 Å². The number of nitrogens with two attached hydrogens (primary N) is 1. The van der Waals surface area contributed by atoms with Gasteiger partial charge in [-0.1, -0.05) is 0 Å². The molecule has 0 aromatic rings. The highest BCUT2D eigenvalue weighted by molar-refractivity contribution is 4.85. The van der Waals surface area contributed by atoms with Gasteiger partial charge < -0.3 is 11.1 Å². The molecule has 1 aliphatic carbocycles. The third kappa shape index (κ3) is 3.73. The first-order valence-corrected chi connectivity index (χ1v) is 4.51. The number of hydrogen-bond acceptors (Lipinski definition) is 2. The van der Waals surface area contributed by atoms with Gasteiger partial charge in [0.05, 0.1) is 0 Å². The largest absolute Gasteiger partial charge is 0.324 e. The Hall–Kier alpha value is -0.0800. The Morgan fingerprint density at radius 3 is 2.45 bits per heavy atom. The smallest absolute Gasteiger partial charge is 0.0223 e. The van der Waals surface area contributed by atoms with Crippen LogP contribution in [0.4, 0.5) is 0 Å². The van der Waals surface area contributed by atoms with Crippen LogP contribution in [0.1, 0.15) is 33.6 Å². The summed E-state index contributed by atoms with van der Waals surface area (Å²) in [5.41, 5.74) is 5.78. The van der Waals surface area contributed by atoms with Crippen LogP contribution in [-0.4, -0.2) is 18.1 Å². The van der Waals surface area contributed by atoms with Gasteiger partial charge in [0.2, 0.25) is 0 Å². The van der Waals surface area contributed by atoms with E-state index in [1.165, 1.54) is 12.8 Å². The molecule has 0 bridgehead atoms. The van der Waals surface area contributed by atoms with E-state index in [0.29, 0.717) is 6.04 Å². The second kappa shape index (κ2) is 3.11. The van der Waals surface area contributed by atoms with Gasteiger partial charge in [-0.25, -0.2) is 0 Å². The van der Waals surface area contributed by atoms with Crippen LogP contribution in [0.5, 0.6) is 0 Å². The lowest BCUT2D eigenvalue weighted by Gasteiger charge is -2.22. The van der Waals surface area contributed by atoms with Crippen LogP contribution < -0.4 is 11.1 Å². The van der Waals surface area contributed by atoms with Gasteiger partial charge in [0.25, 0.3) is 0 Å². The van der Waals surface area contributed by atoms with Crippen molar-refractivity contribution < 1.29 is 0 Å². The zero-order chi connectivity index (χ0) is 8.48. The number of hydrogen-bond donors (Lipinski definition) is 2. The molecule has 0 aromatic heterocycles. The van der Waals surface area contributed by atoms with Crippen molar-refractivity contribution in [2.24, 2.45) is 11.7 Å². The lowest BCUT2D eigenvalue weighted by Crippen LogP contribution is -2.46. The Balaban J connectivity index is 2.10. The highest BCUT2D eigenvalue weighted by atomic mass is 15.0. The van der Waals surface area contributed by atoms with Gasteiger partial charge in [-0.2, -0.15) is 0 Å². The summed E-state index contributed by atoms with van der Waals surface area (Å²) >= 11 is 0. The highest BCUT2D eigenvalue weighted by Crippen LogP contribution is 2.32. The molecule has 2 heteroatoms. The molecule has 1 unspecified atom stereocenters. The van der Waals surface area contributed by atoms with E-state index in [4.69, 9.17) is 5.73 Å². The topological polar surface area (TPSA) is 38.0 Å². The van der Waals surface area contributed by atoms with Gasteiger partial charge in [0, 0.05) is 18.1 Å². The molecule has 1 saturated carbocycles. The molecular formula is C9H20N2.